The van der Waals surface area contributed by atoms with Crippen LogP contribution in [0, 0.1) is 0 Å². The number of rotatable bonds is 2. The zero-order valence-electron chi connectivity index (χ0n) is 9.29. The Labute approximate surface area is 102 Å². The molecule has 0 unspecified atom stereocenters. The summed E-state index contributed by atoms with van der Waals surface area (Å²) in [5.41, 5.74) is 7.71. The number of anilines is 1. The molecule has 3 aromatic rings. The zero-order chi connectivity index (χ0) is 12.5. The van der Waals surface area contributed by atoms with Gasteiger partial charge in [-0.15, -0.1) is 0 Å². The first-order valence-corrected chi connectivity index (χ1v) is 5.31. The lowest BCUT2D eigenvalue weighted by Gasteiger charge is -2.02. The van der Waals surface area contributed by atoms with Crippen molar-refractivity contribution in [3.63, 3.8) is 0 Å². The molecule has 88 valence electrons. The van der Waals surface area contributed by atoms with E-state index in [1.165, 1.54) is 12.5 Å². The summed E-state index contributed by atoms with van der Waals surface area (Å²) in [7, 11) is 0. The summed E-state index contributed by atoms with van der Waals surface area (Å²) in [4.78, 5) is 27.1. The normalized spacial score (nSPS) is 10.7. The van der Waals surface area contributed by atoms with Gasteiger partial charge in [0.05, 0.1) is 12.5 Å². The number of nitrogens with two attached hydrogens (primary N) is 1. The number of aromatic amines is 1. The number of ketones is 1. The molecule has 0 amide bonds. The molecule has 0 saturated carbocycles. The minimum absolute atomic E-state index is 0.0903. The number of imidazole rings is 1. The molecule has 3 rings (SSSR count). The van der Waals surface area contributed by atoms with E-state index in [0.29, 0.717) is 22.4 Å². The van der Waals surface area contributed by atoms with E-state index in [-0.39, 0.29) is 11.6 Å². The molecular formula is C12H9N5O. The number of aromatic nitrogens is 4. The molecule has 0 aliphatic heterocycles. The molecule has 1 aromatic carbocycles. The Balaban J connectivity index is 2.09. The summed E-state index contributed by atoms with van der Waals surface area (Å²) < 4.78 is 0. The minimum atomic E-state index is -0.307. The van der Waals surface area contributed by atoms with Crippen LogP contribution < -0.4 is 5.73 Å². The van der Waals surface area contributed by atoms with Gasteiger partial charge < -0.3 is 10.7 Å². The van der Waals surface area contributed by atoms with Gasteiger partial charge in [-0.3, -0.25) is 4.79 Å². The molecule has 2 aromatic heterocycles. The van der Waals surface area contributed by atoms with Crippen molar-refractivity contribution >= 4 is 22.6 Å². The van der Waals surface area contributed by atoms with Crippen LogP contribution in [0.3, 0.4) is 0 Å². The lowest BCUT2D eigenvalue weighted by Crippen LogP contribution is -2.09. The van der Waals surface area contributed by atoms with E-state index in [0.717, 1.165) is 0 Å². The molecule has 2 heterocycles. The zero-order valence-corrected chi connectivity index (χ0v) is 9.29. The lowest BCUT2D eigenvalue weighted by molar-refractivity contribution is 0.103. The van der Waals surface area contributed by atoms with Crippen LogP contribution in [0.2, 0.25) is 0 Å². The molecule has 18 heavy (non-hydrogen) atoms. The second-order valence-electron chi connectivity index (χ2n) is 3.75. The molecule has 0 radical (unpaired) electrons. The van der Waals surface area contributed by atoms with Crippen LogP contribution in [0.25, 0.3) is 11.2 Å². The standard InChI is InChI=1S/C12H9N5O/c13-8-4-2-1-3-7(8)10(18)12-14-5-9-11(17-12)16-6-15-9/h1-6H,13H2,(H,14,15,16,17). The summed E-state index contributed by atoms with van der Waals surface area (Å²) in [5.74, 6) is -0.217. The molecular weight excluding hydrogens is 230 g/mol. The van der Waals surface area contributed by atoms with Gasteiger partial charge in [0.2, 0.25) is 11.6 Å². The lowest BCUT2D eigenvalue weighted by atomic mass is 10.1. The number of hydrogen-bond donors (Lipinski definition) is 2. The van der Waals surface area contributed by atoms with Crippen molar-refractivity contribution in [2.45, 2.75) is 0 Å². The quantitative estimate of drug-likeness (QED) is 0.516. The van der Waals surface area contributed by atoms with Crippen molar-refractivity contribution in [1.29, 1.82) is 0 Å². The molecule has 6 heteroatoms. The molecule has 0 fully saturated rings. The fourth-order valence-corrected chi connectivity index (χ4v) is 1.67. The number of carbonyl (C=O) groups is 1. The monoisotopic (exact) mass is 239 g/mol. The third-order valence-corrected chi connectivity index (χ3v) is 2.58. The van der Waals surface area contributed by atoms with Crippen molar-refractivity contribution in [2.75, 3.05) is 5.73 Å². The van der Waals surface area contributed by atoms with Gasteiger partial charge in [0, 0.05) is 11.3 Å². The van der Waals surface area contributed by atoms with Gasteiger partial charge in [0.15, 0.2) is 5.65 Å². The first-order chi connectivity index (χ1) is 8.75. The Hall–Kier alpha value is -2.76. The van der Waals surface area contributed by atoms with Crippen LogP contribution in [0.5, 0.6) is 0 Å². The second-order valence-corrected chi connectivity index (χ2v) is 3.75. The molecule has 0 aliphatic carbocycles. The molecule has 0 aliphatic rings. The predicted molar refractivity (Wildman–Crippen MR) is 66.0 cm³/mol. The highest BCUT2D eigenvalue weighted by molar-refractivity contribution is 6.10. The summed E-state index contributed by atoms with van der Waals surface area (Å²) in [6, 6.07) is 6.83. The Morgan fingerprint density at radius 1 is 1.22 bits per heavy atom. The van der Waals surface area contributed by atoms with E-state index in [4.69, 9.17) is 5.73 Å². The number of H-pyrrole nitrogens is 1. The van der Waals surface area contributed by atoms with Crippen LogP contribution in [-0.2, 0) is 0 Å². The average molecular weight is 239 g/mol. The molecule has 0 atom stereocenters. The molecule has 6 nitrogen and oxygen atoms in total. The van der Waals surface area contributed by atoms with E-state index in [1.54, 1.807) is 24.3 Å². The van der Waals surface area contributed by atoms with Gasteiger partial charge in [-0.1, -0.05) is 12.1 Å². The maximum Gasteiger partial charge on any atom is 0.232 e. The number of para-hydroxylation sites is 1. The van der Waals surface area contributed by atoms with Crippen molar-refractivity contribution < 1.29 is 4.79 Å². The highest BCUT2D eigenvalue weighted by Crippen LogP contribution is 2.15. The van der Waals surface area contributed by atoms with Gasteiger partial charge in [-0.2, -0.15) is 0 Å². The smallest absolute Gasteiger partial charge is 0.232 e. The number of nitrogens with zero attached hydrogens (tertiary/aromatic N) is 3. The Bertz CT molecular complexity index is 734. The maximum atomic E-state index is 12.2. The number of fused-ring (bicyclic) bond motifs is 1. The van der Waals surface area contributed by atoms with Gasteiger partial charge in [0.25, 0.3) is 0 Å². The SMILES string of the molecule is Nc1ccccc1C(=O)c1ncc2[nH]cnc2n1. The summed E-state index contributed by atoms with van der Waals surface area (Å²) in [6.45, 7) is 0. The van der Waals surface area contributed by atoms with E-state index < -0.39 is 0 Å². The summed E-state index contributed by atoms with van der Waals surface area (Å²) in [5, 5.41) is 0. The fraction of sp³-hybridized carbons (Fsp3) is 0. The van der Waals surface area contributed by atoms with Gasteiger partial charge in [0.1, 0.15) is 5.52 Å². The second kappa shape index (κ2) is 3.92. The topological polar surface area (TPSA) is 97.6 Å². The number of benzene rings is 1. The van der Waals surface area contributed by atoms with Crippen LogP contribution in [0.15, 0.2) is 36.8 Å². The summed E-state index contributed by atoms with van der Waals surface area (Å²) in [6.07, 6.45) is 3.03. The van der Waals surface area contributed by atoms with Crippen LogP contribution >= 0.6 is 0 Å². The first-order valence-electron chi connectivity index (χ1n) is 5.31. The van der Waals surface area contributed by atoms with Crippen LogP contribution in [0.1, 0.15) is 16.2 Å². The maximum absolute atomic E-state index is 12.2. The Morgan fingerprint density at radius 2 is 2.06 bits per heavy atom. The highest BCUT2D eigenvalue weighted by Gasteiger charge is 2.15. The van der Waals surface area contributed by atoms with E-state index in [1.807, 2.05) is 0 Å². The van der Waals surface area contributed by atoms with Crippen molar-refractivity contribution in [3.8, 4) is 0 Å². The molecule has 0 saturated heterocycles. The third kappa shape index (κ3) is 1.60. The number of nitrogens with one attached hydrogen (secondary N) is 1. The molecule has 0 spiro atoms. The average Bonchev–Trinajstić information content (AvgIpc) is 2.85. The minimum Gasteiger partial charge on any atom is -0.398 e. The van der Waals surface area contributed by atoms with Gasteiger partial charge in [-0.05, 0) is 12.1 Å². The Kier molecular flexibility index (Phi) is 2.26. The fourth-order valence-electron chi connectivity index (χ4n) is 1.67. The van der Waals surface area contributed by atoms with E-state index in [2.05, 4.69) is 19.9 Å². The number of nitrogen functional groups attached to an aromatic ring is 1. The largest absolute Gasteiger partial charge is 0.398 e. The Morgan fingerprint density at radius 3 is 2.89 bits per heavy atom. The van der Waals surface area contributed by atoms with Crippen molar-refractivity contribution in [3.05, 3.63) is 48.2 Å². The van der Waals surface area contributed by atoms with E-state index in [9.17, 15) is 4.79 Å². The van der Waals surface area contributed by atoms with Crippen molar-refractivity contribution in [2.24, 2.45) is 0 Å². The third-order valence-electron chi connectivity index (χ3n) is 2.58. The van der Waals surface area contributed by atoms with Gasteiger partial charge >= 0.3 is 0 Å². The first kappa shape index (κ1) is 10.4. The molecule has 0 bridgehead atoms. The number of carbonyl (C=O) groups excluding carboxylic acids is 1. The van der Waals surface area contributed by atoms with Crippen LogP contribution in [0.4, 0.5) is 5.69 Å². The number of hydrogen-bond acceptors (Lipinski definition) is 5. The predicted octanol–water partition coefficient (Wildman–Crippen LogP) is 1.17. The molecule has 3 N–H and O–H groups in total. The van der Waals surface area contributed by atoms with Crippen molar-refractivity contribution in [1.82, 2.24) is 19.9 Å². The summed E-state index contributed by atoms with van der Waals surface area (Å²) >= 11 is 0. The van der Waals surface area contributed by atoms with Gasteiger partial charge in [-0.25, -0.2) is 15.0 Å². The van der Waals surface area contributed by atoms with Crippen LogP contribution in [-0.4, -0.2) is 25.7 Å². The highest BCUT2D eigenvalue weighted by atomic mass is 16.1. The van der Waals surface area contributed by atoms with E-state index >= 15 is 0 Å².